The van der Waals surface area contributed by atoms with Crippen molar-refractivity contribution < 1.29 is 13.9 Å². The third kappa shape index (κ3) is 2.73. The quantitative estimate of drug-likeness (QED) is 0.607. The molecule has 0 saturated heterocycles. The first-order chi connectivity index (χ1) is 6.16. The van der Waals surface area contributed by atoms with Crippen molar-refractivity contribution in [2.24, 2.45) is 0 Å². The van der Waals surface area contributed by atoms with E-state index in [1.165, 1.54) is 12.1 Å². The monoisotopic (exact) mass is 216 g/mol. The van der Waals surface area contributed by atoms with Gasteiger partial charge in [-0.3, -0.25) is 0 Å². The Kier molecular flexibility index (Phi) is 5.23. The van der Waals surface area contributed by atoms with Gasteiger partial charge in [0.05, 0.1) is 12.2 Å². The molecule has 0 fully saturated rings. The zero-order valence-corrected chi connectivity index (χ0v) is 7.98. The van der Waals surface area contributed by atoms with Gasteiger partial charge in [0.15, 0.2) is 5.82 Å². The Bertz CT molecular complexity index is 326. The minimum atomic E-state index is -0.657. The van der Waals surface area contributed by atoms with E-state index in [9.17, 15) is 9.18 Å². The molecule has 1 rings (SSSR count). The van der Waals surface area contributed by atoms with Crippen LogP contribution in [-0.4, -0.2) is 12.6 Å². The number of rotatable bonds is 2. The van der Waals surface area contributed by atoms with E-state index in [-0.39, 0.29) is 24.5 Å². The van der Waals surface area contributed by atoms with Gasteiger partial charge in [0, 0.05) is 4.90 Å². The predicted molar refractivity (Wildman–Crippen MR) is 56.3 cm³/mol. The van der Waals surface area contributed by atoms with E-state index in [1.54, 1.807) is 13.0 Å². The number of halogens is 1. The van der Waals surface area contributed by atoms with Gasteiger partial charge in [-0.15, -0.1) is 12.6 Å². The van der Waals surface area contributed by atoms with Crippen molar-refractivity contribution in [3.63, 3.8) is 0 Å². The number of carbonyl (C=O) groups is 1. The molecular weight excluding hydrogens is 203 g/mol. The van der Waals surface area contributed by atoms with Crippen molar-refractivity contribution >= 4 is 18.6 Å². The van der Waals surface area contributed by atoms with Crippen LogP contribution in [0.4, 0.5) is 4.39 Å². The van der Waals surface area contributed by atoms with Gasteiger partial charge >= 0.3 is 5.97 Å². The summed E-state index contributed by atoms with van der Waals surface area (Å²) in [5.41, 5.74) is -0.0747. The highest BCUT2D eigenvalue weighted by molar-refractivity contribution is 7.80. The van der Waals surface area contributed by atoms with Crippen LogP contribution in [0.3, 0.4) is 0 Å². The molecule has 0 aromatic heterocycles. The second kappa shape index (κ2) is 5.65. The Hall–Kier alpha value is -1.03. The zero-order chi connectivity index (χ0) is 9.84. The Morgan fingerprint density at radius 1 is 1.57 bits per heavy atom. The lowest BCUT2D eigenvalue weighted by Crippen LogP contribution is -2.07. The number of hydrogen-bond acceptors (Lipinski definition) is 3. The first-order valence-electron chi connectivity index (χ1n) is 3.81. The molecule has 14 heavy (non-hydrogen) atoms. The standard InChI is InChI=1S/C9H9FO2S.CH4/c1-2-12-9(11)6-4-3-5-7(13)8(6)10;/h3-5,13H,2H2,1H3;1H4. The van der Waals surface area contributed by atoms with E-state index in [4.69, 9.17) is 0 Å². The van der Waals surface area contributed by atoms with Crippen LogP contribution in [0.1, 0.15) is 24.7 Å². The number of esters is 1. The molecule has 0 heterocycles. The normalized spacial score (nSPS) is 9.07. The SMILES string of the molecule is C.CCOC(=O)c1cccc(S)c1F. The molecule has 0 N–H and O–H groups in total. The van der Waals surface area contributed by atoms with Crippen molar-refractivity contribution in [1.82, 2.24) is 0 Å². The number of hydrogen-bond donors (Lipinski definition) is 1. The average molecular weight is 216 g/mol. The molecule has 0 aliphatic heterocycles. The fourth-order valence-electron chi connectivity index (χ4n) is 0.886. The average Bonchev–Trinajstić information content (AvgIpc) is 2.10. The van der Waals surface area contributed by atoms with Crippen molar-refractivity contribution in [1.29, 1.82) is 0 Å². The Morgan fingerprint density at radius 2 is 2.21 bits per heavy atom. The van der Waals surface area contributed by atoms with Crippen LogP contribution >= 0.6 is 12.6 Å². The maximum atomic E-state index is 13.2. The van der Waals surface area contributed by atoms with Gasteiger partial charge in [0.25, 0.3) is 0 Å². The summed E-state index contributed by atoms with van der Waals surface area (Å²) in [5, 5.41) is 0. The van der Waals surface area contributed by atoms with Gasteiger partial charge in [-0.2, -0.15) is 0 Å². The first kappa shape index (κ1) is 13.0. The van der Waals surface area contributed by atoms with Gasteiger partial charge in [-0.05, 0) is 19.1 Å². The molecular formula is C10H13FO2S. The third-order valence-electron chi connectivity index (χ3n) is 1.47. The van der Waals surface area contributed by atoms with Gasteiger partial charge < -0.3 is 4.74 Å². The van der Waals surface area contributed by atoms with E-state index in [2.05, 4.69) is 17.4 Å². The Morgan fingerprint density at radius 3 is 2.79 bits per heavy atom. The van der Waals surface area contributed by atoms with Crippen LogP contribution in [-0.2, 0) is 4.74 Å². The second-order valence-corrected chi connectivity index (χ2v) is 2.84. The maximum absolute atomic E-state index is 13.2. The van der Waals surface area contributed by atoms with Gasteiger partial charge in [0.1, 0.15) is 0 Å². The molecule has 0 aliphatic carbocycles. The van der Waals surface area contributed by atoms with Crippen LogP contribution in [0.25, 0.3) is 0 Å². The minimum Gasteiger partial charge on any atom is -0.462 e. The molecule has 4 heteroatoms. The lowest BCUT2D eigenvalue weighted by molar-refractivity contribution is 0.0520. The fraction of sp³-hybridized carbons (Fsp3) is 0.300. The largest absolute Gasteiger partial charge is 0.462 e. The number of ether oxygens (including phenoxy) is 1. The van der Waals surface area contributed by atoms with Crippen LogP contribution in [0.15, 0.2) is 23.1 Å². The molecule has 2 nitrogen and oxygen atoms in total. The highest BCUT2D eigenvalue weighted by Gasteiger charge is 2.13. The van der Waals surface area contributed by atoms with Crippen molar-refractivity contribution in [3.8, 4) is 0 Å². The van der Waals surface area contributed by atoms with E-state index >= 15 is 0 Å². The molecule has 1 aromatic rings. The Balaban J connectivity index is 0.00000169. The summed E-state index contributed by atoms with van der Waals surface area (Å²) in [5.74, 6) is -1.29. The van der Waals surface area contributed by atoms with E-state index in [1.807, 2.05) is 0 Å². The van der Waals surface area contributed by atoms with Crippen LogP contribution in [0.5, 0.6) is 0 Å². The summed E-state index contributed by atoms with van der Waals surface area (Å²) in [6.45, 7) is 1.90. The summed E-state index contributed by atoms with van der Waals surface area (Å²) in [6.07, 6.45) is 0. The Labute approximate surface area is 88.5 Å². The summed E-state index contributed by atoms with van der Waals surface area (Å²) in [6, 6.07) is 4.39. The van der Waals surface area contributed by atoms with Crippen molar-refractivity contribution in [3.05, 3.63) is 29.6 Å². The highest BCUT2D eigenvalue weighted by atomic mass is 32.1. The molecule has 0 radical (unpaired) electrons. The van der Waals surface area contributed by atoms with Crippen molar-refractivity contribution in [2.45, 2.75) is 19.2 Å². The topological polar surface area (TPSA) is 26.3 Å². The van der Waals surface area contributed by atoms with Gasteiger partial charge in [-0.1, -0.05) is 13.5 Å². The summed E-state index contributed by atoms with van der Waals surface area (Å²) < 4.78 is 17.8. The van der Waals surface area contributed by atoms with Crippen LogP contribution in [0, 0.1) is 5.82 Å². The molecule has 78 valence electrons. The number of carbonyl (C=O) groups excluding carboxylic acids is 1. The summed E-state index contributed by atoms with van der Waals surface area (Å²) >= 11 is 3.85. The molecule has 0 unspecified atom stereocenters. The lowest BCUT2D eigenvalue weighted by atomic mass is 10.2. The third-order valence-corrected chi connectivity index (χ3v) is 1.82. The molecule has 0 atom stereocenters. The van der Waals surface area contributed by atoms with E-state index < -0.39 is 11.8 Å². The minimum absolute atomic E-state index is 0. The molecule has 1 aromatic carbocycles. The highest BCUT2D eigenvalue weighted by Crippen LogP contribution is 2.16. The smallest absolute Gasteiger partial charge is 0.341 e. The molecule has 0 spiro atoms. The van der Waals surface area contributed by atoms with Crippen LogP contribution < -0.4 is 0 Å². The molecule has 0 bridgehead atoms. The second-order valence-electron chi connectivity index (χ2n) is 2.36. The van der Waals surface area contributed by atoms with Gasteiger partial charge in [-0.25, -0.2) is 9.18 Å². The molecule has 0 amide bonds. The lowest BCUT2D eigenvalue weighted by Gasteiger charge is -2.03. The molecule has 0 aliphatic rings. The first-order valence-corrected chi connectivity index (χ1v) is 4.26. The number of benzene rings is 1. The van der Waals surface area contributed by atoms with E-state index in [0.717, 1.165) is 0 Å². The predicted octanol–water partition coefficient (Wildman–Crippen LogP) is 2.93. The zero-order valence-electron chi connectivity index (χ0n) is 7.08. The number of thiol groups is 1. The maximum Gasteiger partial charge on any atom is 0.341 e. The fourth-order valence-corrected chi connectivity index (χ4v) is 1.09. The summed E-state index contributed by atoms with van der Waals surface area (Å²) in [4.78, 5) is 11.3. The van der Waals surface area contributed by atoms with E-state index in [0.29, 0.717) is 0 Å². The van der Waals surface area contributed by atoms with Crippen LogP contribution in [0.2, 0.25) is 0 Å². The van der Waals surface area contributed by atoms with Crippen molar-refractivity contribution in [2.75, 3.05) is 6.61 Å². The van der Waals surface area contributed by atoms with Gasteiger partial charge in [0.2, 0.25) is 0 Å². The summed E-state index contributed by atoms with van der Waals surface area (Å²) in [7, 11) is 0. The molecule has 0 saturated carbocycles.